The van der Waals surface area contributed by atoms with Crippen LogP contribution in [-0.4, -0.2) is 12.9 Å². The van der Waals surface area contributed by atoms with Crippen LogP contribution in [-0.2, 0) is 0 Å². The number of benzene rings is 1. The summed E-state index contributed by atoms with van der Waals surface area (Å²) in [5, 5.41) is 0. The Hall–Kier alpha value is -1.31. The molecule has 0 aliphatic heterocycles. The van der Waals surface area contributed by atoms with Crippen LogP contribution in [0.4, 0.5) is 0 Å². The highest BCUT2D eigenvalue weighted by molar-refractivity contribution is 5.96. The van der Waals surface area contributed by atoms with E-state index in [1.165, 1.54) is 0 Å². The quantitative estimate of drug-likeness (QED) is 0.683. The molecule has 0 aliphatic carbocycles. The van der Waals surface area contributed by atoms with Gasteiger partial charge in [-0.2, -0.15) is 0 Å². The second-order valence-electron chi connectivity index (χ2n) is 4.25. The van der Waals surface area contributed by atoms with E-state index in [0.29, 0.717) is 12.3 Å². The molecule has 0 radical (unpaired) electrons. The van der Waals surface area contributed by atoms with Gasteiger partial charge in [-0.05, 0) is 18.1 Å². The lowest BCUT2D eigenvalue weighted by molar-refractivity contribution is 0.0962. The monoisotopic (exact) mass is 220 g/mol. The van der Waals surface area contributed by atoms with Crippen molar-refractivity contribution in [3.8, 4) is 5.75 Å². The van der Waals surface area contributed by atoms with Gasteiger partial charge in [0.25, 0.3) is 0 Å². The predicted octanol–water partition coefficient (Wildman–Crippen LogP) is 3.70. The Morgan fingerprint density at radius 2 is 2.19 bits per heavy atom. The molecule has 0 bridgehead atoms. The normalized spacial score (nSPS) is 12.2. The summed E-state index contributed by atoms with van der Waals surface area (Å²) in [6.07, 6.45) is 2.86. The Morgan fingerprint density at radius 1 is 1.44 bits per heavy atom. The van der Waals surface area contributed by atoms with Crippen LogP contribution in [0, 0.1) is 5.92 Å². The molecule has 0 aromatic heterocycles. The maximum Gasteiger partial charge on any atom is 0.163 e. The maximum absolute atomic E-state index is 11.9. The molecular formula is C14H20O2. The highest BCUT2D eigenvalue weighted by Crippen LogP contribution is 2.18. The highest BCUT2D eigenvalue weighted by Gasteiger charge is 2.11. The third-order valence-corrected chi connectivity index (χ3v) is 2.71. The summed E-state index contributed by atoms with van der Waals surface area (Å²) >= 11 is 0. The van der Waals surface area contributed by atoms with Crippen molar-refractivity contribution >= 4 is 5.78 Å². The number of ketones is 1. The smallest absolute Gasteiger partial charge is 0.163 e. The molecule has 0 N–H and O–H groups in total. The zero-order chi connectivity index (χ0) is 12.0. The number of Topliss-reactive ketones (excluding diaryl/α,β-unsaturated/α-hetero) is 1. The minimum Gasteiger partial charge on any atom is -0.497 e. The minimum atomic E-state index is 0.208. The van der Waals surface area contributed by atoms with Gasteiger partial charge >= 0.3 is 0 Å². The zero-order valence-corrected chi connectivity index (χ0v) is 10.3. The summed E-state index contributed by atoms with van der Waals surface area (Å²) < 4.78 is 5.11. The van der Waals surface area contributed by atoms with Crippen LogP contribution in [0.25, 0.3) is 0 Å². The van der Waals surface area contributed by atoms with Crippen LogP contribution >= 0.6 is 0 Å². The fraction of sp³-hybridized carbons (Fsp3) is 0.500. The molecule has 16 heavy (non-hydrogen) atoms. The first kappa shape index (κ1) is 12.8. The van der Waals surface area contributed by atoms with Crippen molar-refractivity contribution < 1.29 is 9.53 Å². The van der Waals surface area contributed by atoms with Crippen molar-refractivity contribution in [2.75, 3.05) is 7.11 Å². The van der Waals surface area contributed by atoms with E-state index in [2.05, 4.69) is 13.8 Å². The third kappa shape index (κ3) is 3.69. The maximum atomic E-state index is 11.9. The van der Waals surface area contributed by atoms with Crippen LogP contribution in [0.15, 0.2) is 24.3 Å². The average molecular weight is 220 g/mol. The van der Waals surface area contributed by atoms with E-state index in [1.54, 1.807) is 13.2 Å². The highest BCUT2D eigenvalue weighted by atomic mass is 16.5. The van der Waals surface area contributed by atoms with Gasteiger partial charge in [0.2, 0.25) is 0 Å². The molecule has 1 unspecified atom stereocenters. The standard InChI is InChI=1S/C14H20O2/c1-4-6-11(2)9-14(15)12-7-5-8-13(10-12)16-3/h5,7-8,10-11H,4,6,9H2,1-3H3. The minimum absolute atomic E-state index is 0.208. The van der Waals surface area contributed by atoms with Gasteiger partial charge in [0, 0.05) is 12.0 Å². The fourth-order valence-electron chi connectivity index (χ4n) is 1.83. The topological polar surface area (TPSA) is 26.3 Å². The third-order valence-electron chi connectivity index (χ3n) is 2.71. The summed E-state index contributed by atoms with van der Waals surface area (Å²) in [4.78, 5) is 11.9. The summed E-state index contributed by atoms with van der Waals surface area (Å²) in [7, 11) is 1.61. The SMILES string of the molecule is CCCC(C)CC(=O)c1cccc(OC)c1. The van der Waals surface area contributed by atoms with Crippen molar-refractivity contribution in [1.82, 2.24) is 0 Å². The van der Waals surface area contributed by atoms with Crippen LogP contribution in [0.1, 0.15) is 43.5 Å². The van der Waals surface area contributed by atoms with Gasteiger partial charge in [0.05, 0.1) is 7.11 Å². The number of rotatable bonds is 6. The lowest BCUT2D eigenvalue weighted by Crippen LogP contribution is -2.06. The Labute approximate surface area is 97.6 Å². The molecule has 0 spiro atoms. The van der Waals surface area contributed by atoms with E-state index < -0.39 is 0 Å². The molecule has 1 aromatic carbocycles. The molecule has 0 saturated heterocycles. The van der Waals surface area contributed by atoms with Crippen molar-refractivity contribution in [1.29, 1.82) is 0 Å². The second-order valence-corrected chi connectivity index (χ2v) is 4.25. The molecule has 0 saturated carbocycles. The lowest BCUT2D eigenvalue weighted by Gasteiger charge is -2.09. The number of carbonyl (C=O) groups excluding carboxylic acids is 1. The van der Waals surface area contributed by atoms with Crippen LogP contribution in [0.5, 0.6) is 5.75 Å². The van der Waals surface area contributed by atoms with Gasteiger partial charge in [0.1, 0.15) is 5.75 Å². The summed E-state index contributed by atoms with van der Waals surface area (Å²) in [5.74, 6) is 1.41. The Morgan fingerprint density at radius 3 is 2.81 bits per heavy atom. The number of methoxy groups -OCH3 is 1. The molecule has 0 amide bonds. The van der Waals surface area contributed by atoms with Crippen molar-refractivity contribution in [3.63, 3.8) is 0 Å². The number of ether oxygens (including phenoxy) is 1. The van der Waals surface area contributed by atoms with E-state index in [4.69, 9.17) is 4.74 Å². The molecule has 2 nitrogen and oxygen atoms in total. The molecule has 0 heterocycles. The van der Waals surface area contributed by atoms with E-state index in [0.717, 1.165) is 24.2 Å². The molecular weight excluding hydrogens is 200 g/mol. The first-order valence-electron chi connectivity index (χ1n) is 5.84. The van der Waals surface area contributed by atoms with E-state index in [-0.39, 0.29) is 5.78 Å². The number of carbonyl (C=O) groups is 1. The zero-order valence-electron chi connectivity index (χ0n) is 10.3. The first-order valence-corrected chi connectivity index (χ1v) is 5.84. The van der Waals surface area contributed by atoms with Gasteiger partial charge in [0.15, 0.2) is 5.78 Å². The summed E-state index contributed by atoms with van der Waals surface area (Å²) in [6, 6.07) is 7.37. The lowest BCUT2D eigenvalue weighted by atomic mass is 9.96. The molecule has 1 aromatic rings. The number of hydrogen-bond donors (Lipinski definition) is 0. The van der Waals surface area contributed by atoms with E-state index in [9.17, 15) is 4.79 Å². The Balaban J connectivity index is 2.65. The van der Waals surface area contributed by atoms with Crippen molar-refractivity contribution in [2.24, 2.45) is 5.92 Å². The first-order chi connectivity index (χ1) is 7.67. The molecule has 0 fully saturated rings. The molecule has 0 aliphatic rings. The summed E-state index contributed by atoms with van der Waals surface area (Å²) in [6.45, 7) is 4.27. The molecule has 2 heteroatoms. The average Bonchev–Trinajstić information content (AvgIpc) is 2.29. The molecule has 1 rings (SSSR count). The van der Waals surface area contributed by atoms with Crippen LogP contribution < -0.4 is 4.74 Å². The van der Waals surface area contributed by atoms with Gasteiger partial charge < -0.3 is 4.74 Å². The van der Waals surface area contributed by atoms with Crippen molar-refractivity contribution in [3.05, 3.63) is 29.8 Å². The molecule has 88 valence electrons. The van der Waals surface area contributed by atoms with Gasteiger partial charge in [-0.15, -0.1) is 0 Å². The predicted molar refractivity (Wildman–Crippen MR) is 66.0 cm³/mol. The van der Waals surface area contributed by atoms with E-state index in [1.807, 2.05) is 18.2 Å². The Bertz CT molecular complexity index is 344. The van der Waals surface area contributed by atoms with Gasteiger partial charge in [-0.1, -0.05) is 38.8 Å². The van der Waals surface area contributed by atoms with E-state index >= 15 is 0 Å². The van der Waals surface area contributed by atoms with Crippen LogP contribution in [0.3, 0.4) is 0 Å². The molecule has 1 atom stereocenters. The fourth-order valence-corrected chi connectivity index (χ4v) is 1.83. The largest absolute Gasteiger partial charge is 0.497 e. The van der Waals surface area contributed by atoms with Crippen molar-refractivity contribution in [2.45, 2.75) is 33.1 Å². The second kappa shape index (κ2) is 6.31. The Kier molecular flexibility index (Phi) is 5.03. The van der Waals surface area contributed by atoms with Crippen LogP contribution in [0.2, 0.25) is 0 Å². The number of hydrogen-bond acceptors (Lipinski definition) is 2. The van der Waals surface area contributed by atoms with Gasteiger partial charge in [-0.25, -0.2) is 0 Å². The van der Waals surface area contributed by atoms with Gasteiger partial charge in [-0.3, -0.25) is 4.79 Å². The summed E-state index contributed by atoms with van der Waals surface area (Å²) in [5.41, 5.74) is 0.752.